The number of carboxylic acids is 1. The van der Waals surface area contributed by atoms with Crippen LogP contribution >= 0.6 is 0 Å². The van der Waals surface area contributed by atoms with Gasteiger partial charge in [-0.15, -0.1) is 0 Å². The molecule has 0 unspecified atom stereocenters. The first kappa shape index (κ1) is 17.1. The van der Waals surface area contributed by atoms with Crippen molar-refractivity contribution in [1.29, 1.82) is 0 Å². The van der Waals surface area contributed by atoms with E-state index < -0.39 is 28.4 Å². The van der Waals surface area contributed by atoms with Crippen molar-refractivity contribution < 1.29 is 22.7 Å². The van der Waals surface area contributed by atoms with E-state index in [9.17, 15) is 17.6 Å². The summed E-state index contributed by atoms with van der Waals surface area (Å²) in [7, 11) is -2.45. The summed E-state index contributed by atoms with van der Waals surface area (Å²) >= 11 is 0. The van der Waals surface area contributed by atoms with Gasteiger partial charge < -0.3 is 5.11 Å². The molecule has 0 bridgehead atoms. The van der Waals surface area contributed by atoms with E-state index in [2.05, 4.69) is 5.10 Å². The van der Waals surface area contributed by atoms with Crippen LogP contribution in [0.5, 0.6) is 0 Å². The van der Waals surface area contributed by atoms with Crippen LogP contribution in [-0.2, 0) is 28.4 Å². The van der Waals surface area contributed by atoms with Gasteiger partial charge >= 0.3 is 5.97 Å². The fraction of sp³-hybridized carbons (Fsp3) is 0.286. The summed E-state index contributed by atoms with van der Waals surface area (Å²) in [4.78, 5) is 11.0. The van der Waals surface area contributed by atoms with Gasteiger partial charge in [0, 0.05) is 13.6 Å². The van der Waals surface area contributed by atoms with Crippen molar-refractivity contribution in [2.24, 2.45) is 7.05 Å². The van der Waals surface area contributed by atoms with Crippen LogP contribution in [0, 0.1) is 12.7 Å². The van der Waals surface area contributed by atoms with E-state index in [1.807, 2.05) is 0 Å². The van der Waals surface area contributed by atoms with Crippen LogP contribution in [0.25, 0.3) is 0 Å². The van der Waals surface area contributed by atoms with Crippen molar-refractivity contribution in [3.8, 4) is 0 Å². The molecule has 23 heavy (non-hydrogen) atoms. The molecule has 0 aliphatic heterocycles. The number of halogens is 1. The smallest absolute Gasteiger partial charge is 0.318 e. The van der Waals surface area contributed by atoms with Gasteiger partial charge in [-0.25, -0.2) is 12.8 Å². The van der Waals surface area contributed by atoms with Gasteiger partial charge in [0.1, 0.15) is 17.3 Å². The van der Waals surface area contributed by atoms with Gasteiger partial charge in [-0.1, -0.05) is 12.1 Å². The Balaban J connectivity index is 2.39. The molecule has 0 radical (unpaired) electrons. The molecule has 7 nitrogen and oxygen atoms in total. The topological polar surface area (TPSA) is 92.5 Å². The van der Waals surface area contributed by atoms with Crippen LogP contribution in [0.1, 0.15) is 11.3 Å². The Morgan fingerprint density at radius 3 is 2.43 bits per heavy atom. The Kier molecular flexibility index (Phi) is 4.81. The van der Waals surface area contributed by atoms with Gasteiger partial charge in [-0.2, -0.15) is 9.40 Å². The van der Waals surface area contributed by atoms with Crippen LogP contribution in [0.3, 0.4) is 0 Å². The SMILES string of the molecule is Cc1c(S(=O)(=O)N(CC(=O)O)Cc2ccc(F)cc2)cnn1C. The average molecular weight is 341 g/mol. The Bertz CT molecular complexity index is 815. The third-order valence-corrected chi connectivity index (χ3v) is 5.29. The lowest BCUT2D eigenvalue weighted by molar-refractivity contribution is -0.137. The lowest BCUT2D eigenvalue weighted by Gasteiger charge is -2.20. The third-order valence-electron chi connectivity index (χ3n) is 3.39. The minimum Gasteiger partial charge on any atom is -0.480 e. The van der Waals surface area contributed by atoms with Crippen LogP contribution in [-0.4, -0.2) is 40.1 Å². The van der Waals surface area contributed by atoms with Gasteiger partial charge in [0.05, 0.1) is 11.9 Å². The third kappa shape index (κ3) is 3.74. The lowest BCUT2D eigenvalue weighted by atomic mass is 10.2. The molecule has 124 valence electrons. The van der Waals surface area contributed by atoms with Crippen molar-refractivity contribution in [1.82, 2.24) is 14.1 Å². The molecule has 0 aliphatic carbocycles. The van der Waals surface area contributed by atoms with Gasteiger partial charge in [0.25, 0.3) is 0 Å². The summed E-state index contributed by atoms with van der Waals surface area (Å²) in [6, 6.07) is 5.21. The zero-order chi connectivity index (χ0) is 17.2. The molecule has 0 atom stereocenters. The molecule has 1 N–H and O–H groups in total. The molecule has 0 saturated carbocycles. The number of nitrogens with zero attached hydrogens (tertiary/aromatic N) is 3. The minimum atomic E-state index is -4.04. The molecule has 0 fully saturated rings. The highest BCUT2D eigenvalue weighted by Gasteiger charge is 2.29. The van der Waals surface area contributed by atoms with Crippen molar-refractivity contribution in [2.45, 2.75) is 18.4 Å². The predicted octanol–water partition coefficient (Wildman–Crippen LogP) is 1.14. The second-order valence-electron chi connectivity index (χ2n) is 5.01. The number of hydrogen-bond acceptors (Lipinski definition) is 4. The number of hydrogen-bond donors (Lipinski definition) is 1. The van der Waals surface area contributed by atoms with Crippen LogP contribution in [0.15, 0.2) is 35.4 Å². The van der Waals surface area contributed by atoms with Gasteiger partial charge in [-0.05, 0) is 24.6 Å². The predicted molar refractivity (Wildman–Crippen MR) is 79.6 cm³/mol. The van der Waals surface area contributed by atoms with Gasteiger partial charge in [0.15, 0.2) is 0 Å². The van der Waals surface area contributed by atoms with E-state index in [1.54, 1.807) is 14.0 Å². The first-order valence-corrected chi connectivity index (χ1v) is 8.11. The van der Waals surface area contributed by atoms with Crippen molar-refractivity contribution in [3.05, 3.63) is 47.5 Å². The zero-order valence-corrected chi connectivity index (χ0v) is 13.4. The van der Waals surface area contributed by atoms with Crippen LogP contribution < -0.4 is 0 Å². The van der Waals surface area contributed by atoms with Crippen LogP contribution in [0.2, 0.25) is 0 Å². The molecule has 1 heterocycles. The number of carbonyl (C=O) groups is 1. The van der Waals surface area contributed by atoms with E-state index in [1.165, 1.54) is 35.1 Å². The fourth-order valence-electron chi connectivity index (χ4n) is 2.04. The highest BCUT2D eigenvalue weighted by Crippen LogP contribution is 2.21. The summed E-state index contributed by atoms with van der Waals surface area (Å²) in [5.74, 6) is -1.73. The maximum atomic E-state index is 13.0. The zero-order valence-electron chi connectivity index (χ0n) is 12.6. The summed E-state index contributed by atoms with van der Waals surface area (Å²) in [6.07, 6.45) is 1.18. The quantitative estimate of drug-likeness (QED) is 0.851. The standard InChI is InChI=1S/C14H16FN3O4S/c1-10-13(7-16-17(10)2)23(21,22)18(9-14(19)20)8-11-3-5-12(15)6-4-11/h3-7H,8-9H2,1-2H3,(H,19,20). The molecule has 0 spiro atoms. The highest BCUT2D eigenvalue weighted by molar-refractivity contribution is 7.89. The fourth-order valence-corrected chi connectivity index (χ4v) is 3.60. The van der Waals surface area contributed by atoms with E-state index in [0.717, 1.165) is 4.31 Å². The first-order chi connectivity index (χ1) is 10.7. The normalized spacial score (nSPS) is 11.8. The van der Waals surface area contributed by atoms with Gasteiger partial charge in [-0.3, -0.25) is 9.48 Å². The molecule has 0 amide bonds. The number of aromatic nitrogens is 2. The molecule has 2 rings (SSSR count). The number of aryl methyl sites for hydroxylation is 1. The number of aliphatic carboxylic acids is 1. The number of benzene rings is 1. The molecule has 9 heteroatoms. The summed E-state index contributed by atoms with van der Waals surface area (Å²) in [5.41, 5.74) is 0.886. The van der Waals surface area contributed by atoms with Crippen molar-refractivity contribution in [2.75, 3.05) is 6.54 Å². The van der Waals surface area contributed by atoms with Gasteiger partial charge in [0.2, 0.25) is 10.0 Å². The molecular weight excluding hydrogens is 325 g/mol. The Labute approximate surface area is 133 Å². The second-order valence-corrected chi connectivity index (χ2v) is 6.92. The van der Waals surface area contributed by atoms with E-state index >= 15 is 0 Å². The monoisotopic (exact) mass is 341 g/mol. The van der Waals surface area contributed by atoms with E-state index in [-0.39, 0.29) is 11.4 Å². The maximum Gasteiger partial charge on any atom is 0.318 e. The Morgan fingerprint density at radius 1 is 1.35 bits per heavy atom. The molecule has 0 saturated heterocycles. The number of rotatable bonds is 6. The van der Waals surface area contributed by atoms with E-state index in [4.69, 9.17) is 5.11 Å². The molecule has 0 aliphatic rings. The largest absolute Gasteiger partial charge is 0.480 e. The molecular formula is C14H16FN3O4S. The highest BCUT2D eigenvalue weighted by atomic mass is 32.2. The van der Waals surface area contributed by atoms with Crippen molar-refractivity contribution >= 4 is 16.0 Å². The first-order valence-electron chi connectivity index (χ1n) is 6.67. The summed E-state index contributed by atoms with van der Waals surface area (Å²) in [6.45, 7) is 0.702. The Morgan fingerprint density at radius 2 is 1.96 bits per heavy atom. The average Bonchev–Trinajstić information content (AvgIpc) is 2.80. The molecule has 1 aromatic heterocycles. The summed E-state index contributed by atoms with van der Waals surface area (Å²) in [5, 5.41) is 12.9. The molecule has 2 aromatic rings. The Hall–Kier alpha value is -2.26. The summed E-state index contributed by atoms with van der Waals surface area (Å²) < 4.78 is 40.6. The van der Waals surface area contributed by atoms with E-state index in [0.29, 0.717) is 11.3 Å². The van der Waals surface area contributed by atoms with Crippen LogP contribution in [0.4, 0.5) is 4.39 Å². The molecule has 1 aromatic carbocycles. The second kappa shape index (κ2) is 6.47. The number of carboxylic acid groups (broad SMARTS) is 1. The number of sulfonamides is 1. The maximum absolute atomic E-state index is 13.0. The minimum absolute atomic E-state index is 0.0524. The lowest BCUT2D eigenvalue weighted by Crippen LogP contribution is -2.35. The van der Waals surface area contributed by atoms with Crippen molar-refractivity contribution in [3.63, 3.8) is 0 Å².